The van der Waals surface area contributed by atoms with Gasteiger partial charge in [0.15, 0.2) is 0 Å². The lowest BCUT2D eigenvalue weighted by molar-refractivity contribution is -0.135. The molecule has 1 aromatic rings. The Hall–Kier alpha value is -1.11. The van der Waals surface area contributed by atoms with Gasteiger partial charge in [-0.3, -0.25) is 4.79 Å². The largest absolute Gasteiger partial charge is 0.480 e. The zero-order valence-electron chi connectivity index (χ0n) is 8.40. The molecule has 16 heavy (non-hydrogen) atoms. The number of hydrogen-bond acceptors (Lipinski definition) is 3. The Morgan fingerprint density at radius 3 is 2.62 bits per heavy atom. The van der Waals surface area contributed by atoms with Crippen LogP contribution < -0.4 is 4.72 Å². The first-order valence-corrected chi connectivity index (χ1v) is 6.16. The van der Waals surface area contributed by atoms with Crippen molar-refractivity contribution in [3.8, 4) is 0 Å². The molecule has 0 aliphatic carbocycles. The van der Waals surface area contributed by atoms with Gasteiger partial charge in [0.2, 0.25) is 10.0 Å². The average Bonchev–Trinajstić information content (AvgIpc) is 2.14. The fraction of sp³-hybridized carbons (Fsp3) is 0.222. The van der Waals surface area contributed by atoms with Crippen LogP contribution in [-0.2, 0) is 14.8 Å². The monoisotopic (exact) mass is 263 g/mol. The van der Waals surface area contributed by atoms with Crippen molar-refractivity contribution in [1.29, 1.82) is 0 Å². The summed E-state index contributed by atoms with van der Waals surface area (Å²) in [6, 6.07) is 4.27. The number of rotatable bonds is 4. The molecule has 0 aliphatic rings. The van der Waals surface area contributed by atoms with Crippen molar-refractivity contribution in [1.82, 2.24) is 4.72 Å². The van der Waals surface area contributed by atoms with Crippen LogP contribution in [0.2, 0.25) is 5.02 Å². The molecule has 7 heteroatoms. The first kappa shape index (κ1) is 13.0. The molecule has 2 N–H and O–H groups in total. The molecule has 0 bridgehead atoms. The summed E-state index contributed by atoms with van der Waals surface area (Å²) in [7, 11) is -3.79. The zero-order valence-corrected chi connectivity index (χ0v) is 9.97. The van der Waals surface area contributed by atoms with Crippen LogP contribution in [0.15, 0.2) is 23.1 Å². The van der Waals surface area contributed by atoms with Crippen molar-refractivity contribution in [3.05, 3.63) is 28.8 Å². The number of carboxylic acid groups (broad SMARTS) is 1. The van der Waals surface area contributed by atoms with E-state index in [1.165, 1.54) is 18.2 Å². The minimum Gasteiger partial charge on any atom is -0.480 e. The van der Waals surface area contributed by atoms with Gasteiger partial charge in [0.1, 0.15) is 6.54 Å². The Morgan fingerprint density at radius 2 is 2.12 bits per heavy atom. The van der Waals surface area contributed by atoms with E-state index in [0.717, 1.165) is 0 Å². The Balaban J connectivity index is 3.03. The molecule has 0 saturated carbocycles. The highest BCUT2D eigenvalue weighted by molar-refractivity contribution is 7.89. The predicted octanol–water partition coefficient (Wildman–Crippen LogP) is 1.01. The maximum Gasteiger partial charge on any atom is 0.318 e. The topological polar surface area (TPSA) is 83.5 Å². The molecule has 0 atom stereocenters. The first-order valence-electron chi connectivity index (χ1n) is 4.30. The minimum atomic E-state index is -3.79. The quantitative estimate of drug-likeness (QED) is 0.849. The summed E-state index contributed by atoms with van der Waals surface area (Å²) in [5.74, 6) is -1.24. The Bertz CT molecular complexity index is 512. The van der Waals surface area contributed by atoms with E-state index in [-0.39, 0.29) is 4.90 Å². The number of hydrogen-bond donors (Lipinski definition) is 2. The van der Waals surface area contributed by atoms with Crippen LogP contribution in [0.3, 0.4) is 0 Å². The van der Waals surface area contributed by atoms with Crippen LogP contribution in [-0.4, -0.2) is 26.0 Å². The third kappa shape index (κ3) is 3.19. The number of aliphatic carboxylic acids is 1. The first-order chi connectivity index (χ1) is 7.33. The van der Waals surface area contributed by atoms with Crippen molar-refractivity contribution in [2.45, 2.75) is 11.8 Å². The molecule has 0 aliphatic heterocycles. The van der Waals surface area contributed by atoms with Gasteiger partial charge < -0.3 is 5.11 Å². The van der Waals surface area contributed by atoms with Crippen LogP contribution in [0, 0.1) is 6.92 Å². The summed E-state index contributed by atoms with van der Waals surface area (Å²) in [6.45, 7) is 0.936. The molecule has 1 aromatic carbocycles. The van der Waals surface area contributed by atoms with E-state index in [0.29, 0.717) is 10.6 Å². The molecule has 0 radical (unpaired) electrons. The number of halogens is 1. The van der Waals surface area contributed by atoms with Crippen molar-refractivity contribution >= 4 is 27.6 Å². The summed E-state index contributed by atoms with van der Waals surface area (Å²) < 4.78 is 25.3. The highest BCUT2D eigenvalue weighted by Gasteiger charge is 2.17. The highest BCUT2D eigenvalue weighted by Crippen LogP contribution is 2.19. The lowest BCUT2D eigenvalue weighted by Crippen LogP contribution is -2.29. The number of carbonyl (C=O) groups is 1. The highest BCUT2D eigenvalue weighted by atomic mass is 35.5. The normalized spacial score (nSPS) is 11.4. The maximum atomic E-state index is 11.7. The van der Waals surface area contributed by atoms with E-state index >= 15 is 0 Å². The number of benzene rings is 1. The molecule has 5 nitrogen and oxygen atoms in total. The second-order valence-electron chi connectivity index (χ2n) is 3.13. The fourth-order valence-corrected chi connectivity index (χ4v) is 2.57. The van der Waals surface area contributed by atoms with E-state index in [1.54, 1.807) is 6.92 Å². The molecule has 0 saturated heterocycles. The third-order valence-corrected chi connectivity index (χ3v) is 3.64. The van der Waals surface area contributed by atoms with Crippen molar-refractivity contribution in [2.24, 2.45) is 0 Å². The van der Waals surface area contributed by atoms with Gasteiger partial charge in [-0.05, 0) is 30.7 Å². The number of sulfonamides is 1. The average molecular weight is 264 g/mol. The number of carboxylic acids is 1. The van der Waals surface area contributed by atoms with Crippen molar-refractivity contribution in [3.63, 3.8) is 0 Å². The second kappa shape index (κ2) is 4.82. The third-order valence-electron chi connectivity index (χ3n) is 1.84. The van der Waals surface area contributed by atoms with Gasteiger partial charge in [-0.15, -0.1) is 0 Å². The molecular formula is C9H10ClNO4S. The van der Waals surface area contributed by atoms with Gasteiger partial charge in [-0.1, -0.05) is 11.6 Å². The molecule has 0 fully saturated rings. The van der Waals surface area contributed by atoms with Crippen molar-refractivity contribution in [2.75, 3.05) is 6.54 Å². The molecule has 0 amide bonds. The molecule has 88 valence electrons. The predicted molar refractivity (Wildman–Crippen MR) is 59.0 cm³/mol. The molecule has 0 heterocycles. The Morgan fingerprint density at radius 1 is 1.50 bits per heavy atom. The van der Waals surface area contributed by atoms with Gasteiger partial charge >= 0.3 is 5.97 Å². The summed E-state index contributed by atoms with van der Waals surface area (Å²) in [5, 5.41) is 8.81. The van der Waals surface area contributed by atoms with Gasteiger partial charge in [0.05, 0.1) is 4.90 Å². The summed E-state index contributed by atoms with van der Waals surface area (Å²) in [4.78, 5) is 10.3. The van der Waals surface area contributed by atoms with E-state index < -0.39 is 22.5 Å². The summed E-state index contributed by atoms with van der Waals surface area (Å²) in [5.41, 5.74) is 0.463. The SMILES string of the molecule is Cc1cc(Cl)ccc1S(=O)(=O)NCC(=O)O. The number of nitrogens with one attached hydrogen (secondary N) is 1. The van der Waals surface area contributed by atoms with Crippen molar-refractivity contribution < 1.29 is 18.3 Å². The lowest BCUT2D eigenvalue weighted by atomic mass is 10.2. The minimum absolute atomic E-state index is 0.0261. The lowest BCUT2D eigenvalue weighted by Gasteiger charge is -2.07. The van der Waals surface area contributed by atoms with Crippen LogP contribution in [0.4, 0.5) is 0 Å². The van der Waals surface area contributed by atoms with Crippen LogP contribution in [0.25, 0.3) is 0 Å². The summed E-state index contributed by atoms with van der Waals surface area (Å²) in [6.07, 6.45) is 0. The van der Waals surface area contributed by atoms with E-state index in [2.05, 4.69) is 0 Å². The molecule has 1 rings (SSSR count). The molecule has 0 aromatic heterocycles. The van der Waals surface area contributed by atoms with Crippen LogP contribution in [0.5, 0.6) is 0 Å². The van der Waals surface area contributed by atoms with Gasteiger partial charge in [-0.25, -0.2) is 8.42 Å². The van der Waals surface area contributed by atoms with Gasteiger partial charge in [0.25, 0.3) is 0 Å². The summed E-state index contributed by atoms with van der Waals surface area (Å²) >= 11 is 5.69. The van der Waals surface area contributed by atoms with E-state index in [9.17, 15) is 13.2 Å². The van der Waals surface area contributed by atoms with Gasteiger partial charge in [-0.2, -0.15) is 4.72 Å². The molecule has 0 spiro atoms. The second-order valence-corrected chi connectivity index (χ2v) is 5.30. The van der Waals surface area contributed by atoms with Gasteiger partial charge in [0, 0.05) is 5.02 Å². The molecule has 0 unspecified atom stereocenters. The van der Waals surface area contributed by atoms with E-state index in [1.807, 2.05) is 4.72 Å². The molecular weight excluding hydrogens is 254 g/mol. The van der Waals surface area contributed by atoms with E-state index in [4.69, 9.17) is 16.7 Å². The Labute approximate surface area is 98.1 Å². The maximum absolute atomic E-state index is 11.7. The number of aryl methyl sites for hydroxylation is 1. The van der Waals surface area contributed by atoms with Crippen LogP contribution in [0.1, 0.15) is 5.56 Å². The zero-order chi connectivity index (χ0) is 12.3. The fourth-order valence-electron chi connectivity index (χ4n) is 1.15. The smallest absolute Gasteiger partial charge is 0.318 e. The van der Waals surface area contributed by atoms with Crippen LogP contribution >= 0.6 is 11.6 Å². The standard InChI is InChI=1S/C9H10ClNO4S/c1-6-4-7(10)2-3-8(6)16(14,15)11-5-9(12)13/h2-4,11H,5H2,1H3,(H,12,13). The Kier molecular flexibility index (Phi) is 3.90.